The number of phosphoric ester groups is 1. The van der Waals surface area contributed by atoms with E-state index in [-0.39, 0.29) is 32.0 Å². The highest BCUT2D eigenvalue weighted by Gasteiger charge is 2.22. The quantitative estimate of drug-likeness (QED) is 0.0256. The largest absolute Gasteiger partial charge is 0.756 e. The van der Waals surface area contributed by atoms with Gasteiger partial charge in [-0.25, -0.2) is 0 Å². The molecule has 0 aromatic rings. The molecule has 0 spiro atoms. The molecule has 10 heteroatoms. The zero-order chi connectivity index (χ0) is 67.6. The Morgan fingerprint density at radius 2 is 0.484 bits per heavy atom. The normalized spacial score (nSPS) is 12.9. The van der Waals surface area contributed by atoms with E-state index in [2.05, 4.69) is 13.8 Å². The Morgan fingerprint density at radius 1 is 0.290 bits per heavy atom. The van der Waals surface area contributed by atoms with Crippen LogP contribution in [0.15, 0.2) is 0 Å². The van der Waals surface area contributed by atoms with E-state index in [9.17, 15) is 19.0 Å². The SMILES string of the molecule is CCCCCCCCCCCCCCCCCCCCCCCCCCCCCCCCCCCCCCCCCC(=O)OC(COC(=O)CCCCCCCCCCCCCCCCCCCCCCCCCCCCCCCC)COP(=O)([O-])OCC[N+](C)(C)C. The van der Waals surface area contributed by atoms with Gasteiger partial charge in [-0.1, -0.05) is 444 Å². The van der Waals surface area contributed by atoms with E-state index < -0.39 is 26.5 Å². The number of likely N-dealkylation sites (N-methyl/N-ethyl adjacent to an activating group) is 1. The molecule has 2 unspecified atom stereocenters. The van der Waals surface area contributed by atoms with Crippen molar-refractivity contribution in [2.45, 2.75) is 476 Å². The molecule has 93 heavy (non-hydrogen) atoms. The van der Waals surface area contributed by atoms with Gasteiger partial charge >= 0.3 is 11.9 Å². The summed E-state index contributed by atoms with van der Waals surface area (Å²) in [5, 5.41) is 0. The minimum absolute atomic E-state index is 0.0246. The summed E-state index contributed by atoms with van der Waals surface area (Å²) in [6, 6.07) is 0. The number of carbonyl (C=O) groups is 2. The third kappa shape index (κ3) is 79.9. The van der Waals surface area contributed by atoms with Gasteiger partial charge in [0.25, 0.3) is 7.82 Å². The fourth-order valence-corrected chi connectivity index (χ4v) is 14.2. The summed E-state index contributed by atoms with van der Waals surface area (Å²) in [7, 11) is 1.20. The second-order valence-electron chi connectivity index (χ2n) is 30.6. The summed E-state index contributed by atoms with van der Waals surface area (Å²) in [4.78, 5) is 38.2. The smallest absolute Gasteiger partial charge is 0.306 e. The highest BCUT2D eigenvalue weighted by Crippen LogP contribution is 2.38. The van der Waals surface area contributed by atoms with Crippen LogP contribution in [-0.2, 0) is 32.7 Å². The lowest BCUT2D eigenvalue weighted by atomic mass is 10.0. The van der Waals surface area contributed by atoms with E-state index in [0.717, 1.165) is 32.1 Å². The van der Waals surface area contributed by atoms with Gasteiger partial charge in [-0.2, -0.15) is 0 Å². The molecule has 2 atom stereocenters. The van der Waals surface area contributed by atoms with E-state index in [1.165, 1.54) is 405 Å². The first-order chi connectivity index (χ1) is 45.5. The zero-order valence-corrected chi connectivity index (χ0v) is 64.7. The van der Waals surface area contributed by atoms with Crippen molar-refractivity contribution in [3.63, 3.8) is 0 Å². The van der Waals surface area contributed by atoms with Gasteiger partial charge in [-0.05, 0) is 12.8 Å². The molecule has 0 aliphatic carbocycles. The predicted molar refractivity (Wildman–Crippen MR) is 402 cm³/mol. The lowest BCUT2D eigenvalue weighted by Crippen LogP contribution is -2.37. The summed E-state index contributed by atoms with van der Waals surface area (Å²) in [5.74, 6) is -0.799. The van der Waals surface area contributed by atoms with Crippen LogP contribution >= 0.6 is 7.82 Å². The molecule has 0 aliphatic heterocycles. The third-order valence-corrected chi connectivity index (χ3v) is 20.8. The van der Waals surface area contributed by atoms with Crippen LogP contribution in [0.4, 0.5) is 0 Å². The van der Waals surface area contributed by atoms with Crippen molar-refractivity contribution in [2.24, 2.45) is 0 Å². The average Bonchev–Trinajstić information content (AvgIpc) is 2.01. The summed E-state index contributed by atoms with van der Waals surface area (Å²) in [6.07, 6.45) is 94.1. The molecule has 0 saturated carbocycles. The van der Waals surface area contributed by atoms with E-state index >= 15 is 0 Å². The monoisotopic (exact) mass is 1340 g/mol. The Balaban J connectivity index is 3.84. The summed E-state index contributed by atoms with van der Waals surface area (Å²) in [5.41, 5.74) is 0. The first-order valence-corrected chi connectivity index (χ1v) is 43.7. The van der Waals surface area contributed by atoms with Crippen molar-refractivity contribution in [1.82, 2.24) is 0 Å². The minimum atomic E-state index is -4.64. The van der Waals surface area contributed by atoms with Crippen LogP contribution in [-0.4, -0.2) is 70.0 Å². The van der Waals surface area contributed by atoms with E-state index in [4.69, 9.17) is 18.5 Å². The van der Waals surface area contributed by atoms with Crippen molar-refractivity contribution < 1.29 is 42.1 Å². The molecule has 0 aromatic carbocycles. The average molecular weight is 1340 g/mol. The van der Waals surface area contributed by atoms with Crippen LogP contribution in [0.25, 0.3) is 0 Å². The van der Waals surface area contributed by atoms with Crippen molar-refractivity contribution in [2.75, 3.05) is 47.5 Å². The second-order valence-corrected chi connectivity index (χ2v) is 32.0. The predicted octanol–water partition coefficient (Wildman–Crippen LogP) is 27.4. The number of esters is 2. The molecule has 0 aliphatic rings. The maximum Gasteiger partial charge on any atom is 0.306 e. The summed E-state index contributed by atoms with van der Waals surface area (Å²) >= 11 is 0. The Morgan fingerprint density at radius 3 is 0.688 bits per heavy atom. The first-order valence-electron chi connectivity index (χ1n) is 42.2. The minimum Gasteiger partial charge on any atom is -0.756 e. The Labute approximate surface area is 582 Å². The van der Waals surface area contributed by atoms with Gasteiger partial charge in [0.15, 0.2) is 6.10 Å². The van der Waals surface area contributed by atoms with Crippen LogP contribution in [0.5, 0.6) is 0 Å². The number of unbranched alkanes of at least 4 members (excludes halogenated alkanes) is 67. The van der Waals surface area contributed by atoms with Gasteiger partial charge in [0, 0.05) is 12.8 Å². The Hall–Kier alpha value is -0.990. The highest BCUT2D eigenvalue weighted by molar-refractivity contribution is 7.45. The van der Waals surface area contributed by atoms with Gasteiger partial charge in [-0.3, -0.25) is 14.2 Å². The molecule has 0 saturated heterocycles. The molecule has 0 bridgehead atoms. The highest BCUT2D eigenvalue weighted by atomic mass is 31.2. The maximum atomic E-state index is 12.9. The fourth-order valence-electron chi connectivity index (χ4n) is 13.4. The number of rotatable bonds is 81. The Bertz CT molecular complexity index is 1520. The maximum absolute atomic E-state index is 12.9. The van der Waals surface area contributed by atoms with Crippen molar-refractivity contribution in [1.29, 1.82) is 0 Å². The molecule has 0 amide bonds. The van der Waals surface area contributed by atoms with Crippen LogP contribution in [0.2, 0.25) is 0 Å². The van der Waals surface area contributed by atoms with Crippen molar-refractivity contribution >= 4 is 19.8 Å². The number of nitrogens with zero attached hydrogens (tertiary/aromatic N) is 1. The summed E-state index contributed by atoms with van der Waals surface area (Å²) < 4.78 is 34.5. The zero-order valence-electron chi connectivity index (χ0n) is 63.8. The van der Waals surface area contributed by atoms with Crippen molar-refractivity contribution in [3.8, 4) is 0 Å². The topological polar surface area (TPSA) is 111 Å². The molecule has 0 fully saturated rings. The van der Waals surface area contributed by atoms with Gasteiger partial charge < -0.3 is 27.9 Å². The number of phosphoric acid groups is 1. The summed E-state index contributed by atoms with van der Waals surface area (Å²) in [6.45, 7) is 4.35. The van der Waals surface area contributed by atoms with Crippen molar-refractivity contribution in [3.05, 3.63) is 0 Å². The molecule has 9 nitrogen and oxygen atoms in total. The number of hydrogen-bond donors (Lipinski definition) is 0. The number of ether oxygens (including phenoxy) is 2. The lowest BCUT2D eigenvalue weighted by molar-refractivity contribution is -0.870. The van der Waals surface area contributed by atoms with Crippen LogP contribution in [0, 0.1) is 0 Å². The first kappa shape index (κ1) is 92.0. The van der Waals surface area contributed by atoms with Crippen LogP contribution in [0.1, 0.15) is 470 Å². The molecule has 556 valence electrons. The lowest BCUT2D eigenvalue weighted by Gasteiger charge is -2.28. The molecule has 0 aromatic heterocycles. The number of hydrogen-bond acceptors (Lipinski definition) is 8. The van der Waals surface area contributed by atoms with Gasteiger partial charge in [0.1, 0.15) is 19.8 Å². The molecule has 0 rings (SSSR count). The Kier molecular flexibility index (Phi) is 74.4. The fraction of sp³-hybridized carbons (Fsp3) is 0.976. The molecule has 0 radical (unpaired) electrons. The number of quaternary nitrogens is 1. The molecular weight excluding hydrogens is 1170 g/mol. The second kappa shape index (κ2) is 75.2. The van der Waals surface area contributed by atoms with Gasteiger partial charge in [0.05, 0.1) is 27.7 Å². The van der Waals surface area contributed by atoms with Crippen LogP contribution < -0.4 is 4.89 Å². The van der Waals surface area contributed by atoms with E-state index in [0.29, 0.717) is 17.4 Å². The standard InChI is InChI=1S/C83H166NO8P/c1-6-8-10-12-14-16-18-20-22-24-26-28-30-32-34-36-38-39-40-41-42-43-44-45-46-48-50-52-54-56-58-60-62-64-66-68-70-72-74-76-83(86)92-81(80-91-93(87,88)90-78-77-84(3,4)5)79-89-82(85)75-73-71-69-67-65-63-61-59-57-55-53-51-49-47-37-35-33-31-29-27-25-23-21-19-17-15-13-11-9-7-2/h81H,6-80H2,1-5H3. The van der Waals surface area contributed by atoms with Gasteiger partial charge in [0.2, 0.25) is 0 Å². The molecule has 0 N–H and O–H groups in total. The van der Waals surface area contributed by atoms with Gasteiger partial charge in [-0.15, -0.1) is 0 Å². The van der Waals surface area contributed by atoms with E-state index in [1.807, 2.05) is 21.1 Å². The molecule has 0 heterocycles. The van der Waals surface area contributed by atoms with Crippen LogP contribution in [0.3, 0.4) is 0 Å². The third-order valence-electron chi connectivity index (χ3n) is 19.9. The molecular formula is C83H166NO8P. The number of carbonyl (C=O) groups excluding carboxylic acids is 2. The van der Waals surface area contributed by atoms with E-state index in [1.54, 1.807) is 0 Å².